The number of nitrogens with zero attached hydrogens (tertiary/aromatic N) is 1. The van der Waals surface area contributed by atoms with E-state index in [9.17, 15) is 13.2 Å². The second-order valence-electron chi connectivity index (χ2n) is 3.95. The van der Waals surface area contributed by atoms with Crippen LogP contribution in [-0.2, 0) is 21.4 Å². The largest absolute Gasteiger partial charge is 0.481 e. The predicted molar refractivity (Wildman–Crippen MR) is 78.8 cm³/mol. The number of carboxylic acids is 1. The summed E-state index contributed by atoms with van der Waals surface area (Å²) in [6, 6.07) is 3.76. The highest BCUT2D eigenvalue weighted by Gasteiger charge is 2.21. The second kappa shape index (κ2) is 7.37. The third-order valence-electron chi connectivity index (χ3n) is 2.50. The molecule has 0 saturated carbocycles. The van der Waals surface area contributed by atoms with Gasteiger partial charge in [-0.25, -0.2) is 8.42 Å². The summed E-state index contributed by atoms with van der Waals surface area (Å²) in [6.07, 6.45) is 0.0175. The van der Waals surface area contributed by atoms with Crippen LogP contribution in [0.5, 0.6) is 0 Å². The molecule has 1 rings (SSSR count). The Balaban J connectivity index is 2.64. The van der Waals surface area contributed by atoms with Gasteiger partial charge in [-0.1, -0.05) is 6.92 Å². The van der Waals surface area contributed by atoms with Crippen molar-refractivity contribution in [1.82, 2.24) is 4.31 Å². The molecule has 108 valence electrons. The lowest BCUT2D eigenvalue weighted by atomic mass is 10.3. The van der Waals surface area contributed by atoms with Gasteiger partial charge in [-0.15, -0.1) is 11.3 Å². The van der Waals surface area contributed by atoms with Crippen molar-refractivity contribution in [2.75, 3.05) is 12.3 Å². The van der Waals surface area contributed by atoms with Gasteiger partial charge in [-0.05, 0) is 34.5 Å². The fourth-order valence-corrected chi connectivity index (χ4v) is 4.63. The zero-order valence-electron chi connectivity index (χ0n) is 10.5. The first-order chi connectivity index (χ1) is 8.85. The van der Waals surface area contributed by atoms with Crippen LogP contribution in [0.1, 0.15) is 24.6 Å². The number of carbonyl (C=O) groups is 1. The molecule has 0 radical (unpaired) electrons. The average Bonchev–Trinajstić information content (AvgIpc) is 2.70. The number of thiophene rings is 1. The van der Waals surface area contributed by atoms with Crippen LogP contribution in [0.4, 0.5) is 0 Å². The summed E-state index contributed by atoms with van der Waals surface area (Å²) in [5.41, 5.74) is 0. The summed E-state index contributed by atoms with van der Waals surface area (Å²) < 4.78 is 26.5. The molecule has 0 atom stereocenters. The van der Waals surface area contributed by atoms with Crippen LogP contribution in [0.25, 0.3) is 0 Å². The van der Waals surface area contributed by atoms with Crippen molar-refractivity contribution in [3.63, 3.8) is 0 Å². The molecule has 0 aliphatic rings. The Labute approximate surface area is 125 Å². The molecule has 0 spiro atoms. The third-order valence-corrected chi connectivity index (χ3v) is 6.09. The summed E-state index contributed by atoms with van der Waals surface area (Å²) >= 11 is 4.83. The Hall–Kier alpha value is -0.440. The summed E-state index contributed by atoms with van der Waals surface area (Å²) in [6.45, 7) is 2.49. The first-order valence-corrected chi connectivity index (χ1v) is 9.01. The van der Waals surface area contributed by atoms with Crippen LogP contribution in [-0.4, -0.2) is 36.1 Å². The van der Waals surface area contributed by atoms with Crippen molar-refractivity contribution in [3.05, 3.63) is 20.8 Å². The zero-order valence-corrected chi connectivity index (χ0v) is 13.7. The molecule has 0 saturated heterocycles. The Bertz CT molecular complexity index is 527. The van der Waals surface area contributed by atoms with Gasteiger partial charge in [0.15, 0.2) is 0 Å². The van der Waals surface area contributed by atoms with Gasteiger partial charge in [0.05, 0.1) is 9.54 Å². The van der Waals surface area contributed by atoms with E-state index in [1.54, 1.807) is 6.92 Å². The molecule has 0 unspecified atom stereocenters. The number of hydrogen-bond donors (Lipinski definition) is 1. The quantitative estimate of drug-likeness (QED) is 0.763. The van der Waals surface area contributed by atoms with E-state index in [4.69, 9.17) is 5.11 Å². The summed E-state index contributed by atoms with van der Waals surface area (Å²) in [5.74, 6) is -1.10. The van der Waals surface area contributed by atoms with Gasteiger partial charge >= 0.3 is 5.97 Å². The van der Waals surface area contributed by atoms with Gasteiger partial charge in [-0.3, -0.25) is 4.79 Å². The fraction of sp³-hybridized carbons (Fsp3) is 0.545. The van der Waals surface area contributed by atoms with E-state index in [2.05, 4.69) is 15.9 Å². The topological polar surface area (TPSA) is 74.7 Å². The number of sulfonamides is 1. The van der Waals surface area contributed by atoms with E-state index < -0.39 is 16.0 Å². The molecule has 0 amide bonds. The van der Waals surface area contributed by atoms with Gasteiger partial charge in [0.2, 0.25) is 10.0 Å². The summed E-state index contributed by atoms with van der Waals surface area (Å²) in [5, 5.41) is 8.53. The molecule has 0 fully saturated rings. The zero-order chi connectivity index (χ0) is 14.5. The van der Waals surface area contributed by atoms with Gasteiger partial charge in [-0.2, -0.15) is 4.31 Å². The maximum Gasteiger partial charge on any atom is 0.303 e. The molecule has 0 aliphatic heterocycles. The van der Waals surface area contributed by atoms with Crippen molar-refractivity contribution in [2.45, 2.75) is 26.3 Å². The number of aliphatic carboxylic acids is 1. The number of halogens is 1. The van der Waals surface area contributed by atoms with Crippen molar-refractivity contribution in [1.29, 1.82) is 0 Å². The van der Waals surface area contributed by atoms with Crippen LogP contribution in [0.2, 0.25) is 0 Å². The Kier molecular flexibility index (Phi) is 6.45. The van der Waals surface area contributed by atoms with E-state index in [0.717, 1.165) is 8.66 Å². The highest BCUT2D eigenvalue weighted by molar-refractivity contribution is 9.11. The van der Waals surface area contributed by atoms with E-state index in [1.165, 1.54) is 15.6 Å². The molecule has 19 heavy (non-hydrogen) atoms. The molecule has 0 aliphatic carbocycles. The van der Waals surface area contributed by atoms with Crippen LogP contribution >= 0.6 is 27.3 Å². The standard InChI is InChI=1S/C11H16BrNO4S2/c1-2-13(8-9-5-6-10(12)18-9)19(16,17)7-3-4-11(14)15/h5-6H,2-4,7-8H2,1H3,(H,14,15). The molecule has 0 bridgehead atoms. The van der Waals surface area contributed by atoms with E-state index in [1.807, 2.05) is 12.1 Å². The molecular formula is C11H16BrNO4S2. The van der Waals surface area contributed by atoms with E-state index >= 15 is 0 Å². The Morgan fingerprint density at radius 2 is 2.16 bits per heavy atom. The van der Waals surface area contributed by atoms with Gasteiger partial charge in [0, 0.05) is 24.4 Å². The van der Waals surface area contributed by atoms with Crippen molar-refractivity contribution in [3.8, 4) is 0 Å². The molecule has 1 heterocycles. The lowest BCUT2D eigenvalue weighted by Crippen LogP contribution is -2.32. The first kappa shape index (κ1) is 16.6. The van der Waals surface area contributed by atoms with Gasteiger partial charge in [0.1, 0.15) is 0 Å². The van der Waals surface area contributed by atoms with Crippen molar-refractivity contribution in [2.24, 2.45) is 0 Å². The van der Waals surface area contributed by atoms with Crippen LogP contribution in [0.3, 0.4) is 0 Å². The number of hydrogen-bond acceptors (Lipinski definition) is 4. The molecule has 1 aromatic heterocycles. The highest BCUT2D eigenvalue weighted by atomic mass is 79.9. The van der Waals surface area contributed by atoms with Gasteiger partial charge < -0.3 is 5.11 Å². The minimum Gasteiger partial charge on any atom is -0.481 e. The third kappa shape index (κ3) is 5.60. The molecule has 8 heteroatoms. The minimum absolute atomic E-state index is 0.124. The van der Waals surface area contributed by atoms with E-state index in [0.29, 0.717) is 13.1 Å². The molecule has 0 aromatic carbocycles. The molecule has 5 nitrogen and oxygen atoms in total. The van der Waals surface area contributed by atoms with Crippen LogP contribution in [0, 0.1) is 0 Å². The number of rotatable bonds is 8. The van der Waals surface area contributed by atoms with Crippen LogP contribution < -0.4 is 0 Å². The van der Waals surface area contributed by atoms with Crippen molar-refractivity contribution < 1.29 is 18.3 Å². The Morgan fingerprint density at radius 1 is 1.47 bits per heavy atom. The Morgan fingerprint density at radius 3 is 2.63 bits per heavy atom. The van der Waals surface area contributed by atoms with Gasteiger partial charge in [0.25, 0.3) is 0 Å². The second-order valence-corrected chi connectivity index (χ2v) is 8.58. The maximum absolute atomic E-state index is 12.1. The fourth-order valence-electron chi connectivity index (χ4n) is 1.55. The predicted octanol–water partition coefficient (Wildman–Crippen LogP) is 2.53. The first-order valence-electron chi connectivity index (χ1n) is 5.79. The molecule has 1 N–H and O–H groups in total. The lowest BCUT2D eigenvalue weighted by Gasteiger charge is -2.19. The molecule has 1 aromatic rings. The average molecular weight is 370 g/mol. The monoisotopic (exact) mass is 369 g/mol. The van der Waals surface area contributed by atoms with Crippen molar-refractivity contribution >= 4 is 43.3 Å². The smallest absolute Gasteiger partial charge is 0.303 e. The van der Waals surface area contributed by atoms with E-state index in [-0.39, 0.29) is 18.6 Å². The normalized spacial score (nSPS) is 11.9. The maximum atomic E-state index is 12.1. The van der Waals surface area contributed by atoms with Crippen LogP contribution in [0.15, 0.2) is 15.9 Å². The summed E-state index contributed by atoms with van der Waals surface area (Å²) in [7, 11) is -3.40. The number of carboxylic acid groups (broad SMARTS) is 1. The lowest BCUT2D eigenvalue weighted by molar-refractivity contribution is -0.137. The minimum atomic E-state index is -3.40. The summed E-state index contributed by atoms with van der Waals surface area (Å²) in [4.78, 5) is 11.4. The molecular weight excluding hydrogens is 354 g/mol. The SMILES string of the molecule is CCN(Cc1ccc(Br)s1)S(=O)(=O)CCCC(=O)O. The highest BCUT2D eigenvalue weighted by Crippen LogP contribution is 2.24.